The molecule has 1 aromatic carbocycles. The van der Waals surface area contributed by atoms with Crippen molar-refractivity contribution in [1.82, 2.24) is 0 Å². The Bertz CT molecular complexity index is 708. The molecule has 1 amide bonds. The van der Waals surface area contributed by atoms with Crippen LogP contribution in [-0.2, 0) is 14.3 Å². The second-order valence-electron chi connectivity index (χ2n) is 6.91. The van der Waals surface area contributed by atoms with Gasteiger partial charge in [-0.3, -0.25) is 9.59 Å². The van der Waals surface area contributed by atoms with E-state index in [2.05, 4.69) is 13.8 Å². The van der Waals surface area contributed by atoms with Crippen molar-refractivity contribution in [2.24, 2.45) is 11.8 Å². The van der Waals surface area contributed by atoms with Crippen LogP contribution < -0.4 is 4.90 Å². The van der Waals surface area contributed by atoms with Gasteiger partial charge >= 0.3 is 5.97 Å². The Kier molecular flexibility index (Phi) is 2.94. The Morgan fingerprint density at radius 2 is 2.04 bits per heavy atom. The van der Waals surface area contributed by atoms with Gasteiger partial charge in [-0.15, -0.1) is 0 Å². The van der Waals surface area contributed by atoms with Gasteiger partial charge in [0.1, 0.15) is 11.5 Å². The summed E-state index contributed by atoms with van der Waals surface area (Å²) in [5.74, 6) is -2.10. The molecule has 4 rings (SSSR count). The minimum Gasteiger partial charge on any atom is -0.481 e. The first kappa shape index (κ1) is 14.5. The zero-order chi connectivity index (χ0) is 16.4. The van der Waals surface area contributed by atoms with Gasteiger partial charge in [0.05, 0.1) is 18.6 Å². The molecule has 4 atom stereocenters. The summed E-state index contributed by atoms with van der Waals surface area (Å²) in [4.78, 5) is 26.1. The van der Waals surface area contributed by atoms with Gasteiger partial charge in [0.25, 0.3) is 0 Å². The molecule has 3 aliphatic heterocycles. The molecule has 3 heterocycles. The first-order valence-electron chi connectivity index (χ1n) is 7.94. The van der Waals surface area contributed by atoms with Crippen LogP contribution in [0.15, 0.2) is 36.4 Å². The van der Waals surface area contributed by atoms with Crippen LogP contribution in [0.4, 0.5) is 5.69 Å². The zero-order valence-electron chi connectivity index (χ0n) is 13.1. The van der Waals surface area contributed by atoms with Crippen molar-refractivity contribution in [3.05, 3.63) is 42.0 Å². The van der Waals surface area contributed by atoms with Gasteiger partial charge < -0.3 is 14.7 Å². The summed E-state index contributed by atoms with van der Waals surface area (Å²) in [6.45, 7) is 4.62. The molecular formula is C18H19NO4. The lowest BCUT2D eigenvalue weighted by Gasteiger charge is -2.21. The van der Waals surface area contributed by atoms with E-state index in [1.165, 1.54) is 5.56 Å². The van der Waals surface area contributed by atoms with Crippen LogP contribution in [0, 0.1) is 11.8 Å². The summed E-state index contributed by atoms with van der Waals surface area (Å²) in [5, 5.41) is 9.47. The third-order valence-corrected chi connectivity index (χ3v) is 5.26. The third kappa shape index (κ3) is 1.89. The normalized spacial score (nSPS) is 34.5. The van der Waals surface area contributed by atoms with Crippen LogP contribution in [0.2, 0.25) is 0 Å². The van der Waals surface area contributed by atoms with Gasteiger partial charge in [-0.2, -0.15) is 0 Å². The number of amides is 1. The molecule has 0 aliphatic carbocycles. The molecule has 0 unspecified atom stereocenters. The molecule has 23 heavy (non-hydrogen) atoms. The Balaban J connectivity index is 1.67. The predicted molar refractivity (Wildman–Crippen MR) is 84.2 cm³/mol. The maximum atomic E-state index is 12.9. The highest BCUT2D eigenvalue weighted by molar-refractivity contribution is 6.02. The van der Waals surface area contributed by atoms with Gasteiger partial charge in [-0.1, -0.05) is 38.1 Å². The van der Waals surface area contributed by atoms with E-state index in [1.54, 1.807) is 11.0 Å². The molecule has 0 saturated carbocycles. The number of carbonyl (C=O) groups is 2. The minimum atomic E-state index is -0.961. The van der Waals surface area contributed by atoms with E-state index in [9.17, 15) is 14.7 Å². The lowest BCUT2D eigenvalue weighted by molar-refractivity contribution is -0.146. The summed E-state index contributed by atoms with van der Waals surface area (Å²) in [6.07, 6.45) is 3.18. The SMILES string of the molecule is CC(C)c1ccc(N2C[C@@]34C=C[C@H](O3)[C@H](C(=O)O)[C@H]4C2=O)cc1. The largest absolute Gasteiger partial charge is 0.481 e. The Morgan fingerprint density at radius 3 is 2.65 bits per heavy atom. The van der Waals surface area contributed by atoms with Gasteiger partial charge in [-0.05, 0) is 23.6 Å². The fourth-order valence-corrected chi connectivity index (χ4v) is 4.04. The van der Waals surface area contributed by atoms with E-state index < -0.39 is 29.5 Å². The van der Waals surface area contributed by atoms with Crippen LogP contribution in [0.25, 0.3) is 0 Å². The number of fused-ring (bicyclic) bond motifs is 1. The Hall–Kier alpha value is -2.14. The average molecular weight is 313 g/mol. The lowest BCUT2D eigenvalue weighted by atomic mass is 9.77. The maximum absolute atomic E-state index is 12.9. The molecule has 0 aromatic heterocycles. The van der Waals surface area contributed by atoms with E-state index in [1.807, 2.05) is 30.3 Å². The molecule has 1 spiro atoms. The molecule has 0 radical (unpaired) electrons. The summed E-state index contributed by atoms with van der Waals surface area (Å²) < 4.78 is 5.89. The number of benzene rings is 1. The molecule has 5 heteroatoms. The van der Waals surface area contributed by atoms with Crippen molar-refractivity contribution in [3.8, 4) is 0 Å². The molecule has 1 aromatic rings. The van der Waals surface area contributed by atoms with Gasteiger partial charge in [-0.25, -0.2) is 0 Å². The molecule has 2 fully saturated rings. The molecule has 2 bridgehead atoms. The highest BCUT2D eigenvalue weighted by Gasteiger charge is 2.67. The number of carbonyl (C=O) groups excluding carboxylic acids is 1. The second-order valence-corrected chi connectivity index (χ2v) is 6.91. The maximum Gasteiger partial charge on any atom is 0.310 e. The van der Waals surface area contributed by atoms with Gasteiger partial charge in [0.2, 0.25) is 5.91 Å². The fourth-order valence-electron chi connectivity index (χ4n) is 4.04. The first-order valence-corrected chi connectivity index (χ1v) is 7.94. The van der Waals surface area contributed by atoms with Crippen LogP contribution in [-0.4, -0.2) is 35.2 Å². The van der Waals surface area contributed by atoms with Gasteiger partial charge in [0.15, 0.2) is 0 Å². The number of rotatable bonds is 3. The van der Waals surface area contributed by atoms with Crippen molar-refractivity contribution in [1.29, 1.82) is 0 Å². The molecule has 1 N–H and O–H groups in total. The van der Waals surface area contributed by atoms with E-state index in [0.717, 1.165) is 5.69 Å². The number of hydrogen-bond donors (Lipinski definition) is 1. The van der Waals surface area contributed by atoms with Gasteiger partial charge in [0, 0.05) is 5.69 Å². The molecular weight excluding hydrogens is 294 g/mol. The number of aliphatic carboxylic acids is 1. The van der Waals surface area contributed by atoms with E-state index in [0.29, 0.717) is 12.5 Å². The third-order valence-electron chi connectivity index (χ3n) is 5.26. The number of hydrogen-bond acceptors (Lipinski definition) is 3. The van der Waals surface area contributed by atoms with Crippen molar-refractivity contribution in [3.63, 3.8) is 0 Å². The molecule has 3 aliphatic rings. The van der Waals surface area contributed by atoms with Crippen LogP contribution >= 0.6 is 0 Å². The number of ether oxygens (including phenoxy) is 1. The molecule has 5 nitrogen and oxygen atoms in total. The van der Waals surface area contributed by atoms with Crippen molar-refractivity contribution >= 4 is 17.6 Å². The molecule has 120 valence electrons. The topological polar surface area (TPSA) is 66.8 Å². The predicted octanol–water partition coefficient (Wildman–Crippen LogP) is 2.18. The summed E-state index contributed by atoms with van der Waals surface area (Å²) in [7, 11) is 0. The number of nitrogens with zero attached hydrogens (tertiary/aromatic N) is 1. The summed E-state index contributed by atoms with van der Waals surface area (Å²) in [5.41, 5.74) is 1.23. The van der Waals surface area contributed by atoms with E-state index in [4.69, 9.17) is 4.74 Å². The fraction of sp³-hybridized carbons (Fsp3) is 0.444. The van der Waals surface area contributed by atoms with Crippen molar-refractivity contribution < 1.29 is 19.4 Å². The number of carboxylic acids is 1. The number of carboxylic acid groups (broad SMARTS) is 1. The minimum absolute atomic E-state index is 0.151. The van der Waals surface area contributed by atoms with Crippen LogP contribution in [0.5, 0.6) is 0 Å². The van der Waals surface area contributed by atoms with Crippen molar-refractivity contribution in [2.75, 3.05) is 11.4 Å². The monoisotopic (exact) mass is 313 g/mol. The highest BCUT2D eigenvalue weighted by atomic mass is 16.5. The standard InChI is InChI=1S/C18H19NO4/c1-10(2)11-3-5-12(6-4-11)19-9-18-8-7-13(23-18)14(17(21)22)15(18)16(19)20/h3-8,10,13-15H,9H2,1-2H3,(H,21,22)/t13-,14-,15-,18+/m0/s1. The first-order chi connectivity index (χ1) is 10.9. The van der Waals surface area contributed by atoms with E-state index in [-0.39, 0.29) is 5.91 Å². The lowest BCUT2D eigenvalue weighted by Crippen LogP contribution is -2.39. The second kappa shape index (κ2) is 4.68. The quantitative estimate of drug-likeness (QED) is 0.869. The summed E-state index contributed by atoms with van der Waals surface area (Å²) in [6, 6.07) is 7.89. The van der Waals surface area contributed by atoms with Crippen molar-refractivity contribution in [2.45, 2.75) is 31.5 Å². The highest BCUT2D eigenvalue weighted by Crippen LogP contribution is 2.52. The Labute approximate surface area is 134 Å². The smallest absolute Gasteiger partial charge is 0.310 e. The van der Waals surface area contributed by atoms with E-state index >= 15 is 0 Å². The molecule has 2 saturated heterocycles. The zero-order valence-corrected chi connectivity index (χ0v) is 13.1. The average Bonchev–Trinajstić information content (AvgIpc) is 3.15. The number of anilines is 1. The Morgan fingerprint density at radius 1 is 1.35 bits per heavy atom. The van der Waals surface area contributed by atoms with Crippen LogP contribution in [0.3, 0.4) is 0 Å². The summed E-state index contributed by atoms with van der Waals surface area (Å²) >= 11 is 0. The van der Waals surface area contributed by atoms with Crippen LogP contribution in [0.1, 0.15) is 25.3 Å².